The van der Waals surface area contributed by atoms with Crippen molar-refractivity contribution in [2.45, 2.75) is 39.2 Å². The van der Waals surface area contributed by atoms with Crippen LogP contribution in [0.3, 0.4) is 0 Å². The molecule has 2 aromatic carbocycles. The van der Waals surface area contributed by atoms with Gasteiger partial charge in [-0.2, -0.15) is 0 Å². The number of rotatable bonds is 7. The van der Waals surface area contributed by atoms with Gasteiger partial charge in [-0.1, -0.05) is 56.3 Å². The summed E-state index contributed by atoms with van der Waals surface area (Å²) in [5.74, 6) is 1.72. The Bertz CT molecular complexity index is 686. The lowest BCUT2D eigenvalue weighted by molar-refractivity contribution is 0.0391. The number of hydrogen-bond acceptors (Lipinski definition) is 2. The Labute approximate surface area is 145 Å². The summed E-state index contributed by atoms with van der Waals surface area (Å²) in [6.45, 7) is 7.41. The van der Waals surface area contributed by atoms with Gasteiger partial charge in [-0.15, -0.1) is 0 Å². The van der Waals surface area contributed by atoms with Crippen LogP contribution in [0.2, 0.25) is 0 Å². The van der Waals surface area contributed by atoms with Crippen LogP contribution in [0.25, 0.3) is 0 Å². The van der Waals surface area contributed by atoms with E-state index in [0.717, 1.165) is 24.3 Å². The largest absolute Gasteiger partial charge is 0.457 e. The van der Waals surface area contributed by atoms with E-state index >= 15 is 0 Å². The smallest absolute Gasteiger partial charge is 0.127 e. The SMILES string of the molecule is CC1(C)CC1(C)OC/C=C/Cc1ccc(Oc2ccccc2)cc1. The molecule has 0 radical (unpaired) electrons. The molecule has 2 nitrogen and oxygen atoms in total. The molecule has 2 heteroatoms. The van der Waals surface area contributed by atoms with E-state index in [1.807, 2.05) is 42.5 Å². The highest BCUT2D eigenvalue weighted by atomic mass is 16.5. The van der Waals surface area contributed by atoms with E-state index < -0.39 is 0 Å². The van der Waals surface area contributed by atoms with Crippen molar-refractivity contribution in [3.05, 3.63) is 72.3 Å². The van der Waals surface area contributed by atoms with Crippen molar-refractivity contribution in [2.24, 2.45) is 5.41 Å². The fourth-order valence-corrected chi connectivity index (χ4v) is 2.88. The zero-order chi connectivity index (χ0) is 17.0. The van der Waals surface area contributed by atoms with Crippen LogP contribution in [0.4, 0.5) is 0 Å². The number of para-hydroxylation sites is 1. The molecule has 0 aliphatic heterocycles. The monoisotopic (exact) mass is 322 g/mol. The summed E-state index contributed by atoms with van der Waals surface area (Å²) in [5, 5.41) is 0. The molecule has 0 aromatic heterocycles. The van der Waals surface area contributed by atoms with Gasteiger partial charge in [0.05, 0.1) is 12.2 Å². The van der Waals surface area contributed by atoms with Crippen molar-refractivity contribution in [3.8, 4) is 11.5 Å². The zero-order valence-electron chi connectivity index (χ0n) is 14.8. The first-order valence-electron chi connectivity index (χ1n) is 8.59. The Morgan fingerprint density at radius 3 is 2.12 bits per heavy atom. The molecule has 0 spiro atoms. The predicted molar refractivity (Wildman–Crippen MR) is 98.6 cm³/mol. The van der Waals surface area contributed by atoms with Gasteiger partial charge in [0.2, 0.25) is 0 Å². The van der Waals surface area contributed by atoms with Crippen molar-refractivity contribution in [2.75, 3.05) is 6.61 Å². The second kappa shape index (κ2) is 6.82. The Balaban J connectivity index is 1.44. The highest BCUT2D eigenvalue weighted by Gasteiger charge is 2.58. The van der Waals surface area contributed by atoms with Crippen LogP contribution >= 0.6 is 0 Å². The number of allylic oxidation sites excluding steroid dienone is 1. The van der Waals surface area contributed by atoms with E-state index in [1.54, 1.807) is 0 Å². The van der Waals surface area contributed by atoms with Crippen molar-refractivity contribution in [1.82, 2.24) is 0 Å². The molecular weight excluding hydrogens is 296 g/mol. The summed E-state index contributed by atoms with van der Waals surface area (Å²) in [5.41, 5.74) is 1.66. The van der Waals surface area contributed by atoms with Gasteiger partial charge in [-0.05, 0) is 55.0 Å². The van der Waals surface area contributed by atoms with E-state index in [0.29, 0.717) is 12.0 Å². The molecule has 126 valence electrons. The molecule has 2 aromatic rings. The minimum Gasteiger partial charge on any atom is -0.457 e. The Morgan fingerprint density at radius 2 is 1.50 bits per heavy atom. The van der Waals surface area contributed by atoms with Crippen LogP contribution in [0.5, 0.6) is 11.5 Å². The van der Waals surface area contributed by atoms with Crippen molar-refractivity contribution in [1.29, 1.82) is 0 Å². The molecule has 1 unspecified atom stereocenters. The molecule has 0 heterocycles. The van der Waals surface area contributed by atoms with E-state index in [-0.39, 0.29) is 5.60 Å². The summed E-state index contributed by atoms with van der Waals surface area (Å²) in [6.07, 6.45) is 6.35. The maximum atomic E-state index is 5.97. The third-order valence-electron chi connectivity index (χ3n) is 5.01. The van der Waals surface area contributed by atoms with Crippen LogP contribution in [-0.2, 0) is 11.2 Å². The first-order chi connectivity index (χ1) is 11.5. The standard InChI is InChI=1S/C22H26O2/c1-21(2)17-22(21,3)23-16-8-7-9-18-12-14-20(15-13-18)24-19-10-5-4-6-11-19/h4-8,10-15H,9,16-17H2,1-3H3/b8-7+. The number of hydrogen-bond donors (Lipinski definition) is 0. The summed E-state index contributed by atoms with van der Waals surface area (Å²) in [6, 6.07) is 18.1. The first-order valence-corrected chi connectivity index (χ1v) is 8.59. The van der Waals surface area contributed by atoms with Crippen LogP contribution in [0, 0.1) is 5.41 Å². The van der Waals surface area contributed by atoms with Crippen LogP contribution in [-0.4, -0.2) is 12.2 Å². The molecule has 0 N–H and O–H groups in total. The molecule has 0 saturated heterocycles. The van der Waals surface area contributed by atoms with Gasteiger partial charge < -0.3 is 9.47 Å². The highest BCUT2D eigenvalue weighted by Crippen LogP contribution is 2.57. The van der Waals surface area contributed by atoms with Crippen LogP contribution in [0.15, 0.2) is 66.7 Å². The van der Waals surface area contributed by atoms with Gasteiger partial charge in [0.15, 0.2) is 0 Å². The Kier molecular flexibility index (Phi) is 4.77. The second-order valence-corrected chi connectivity index (χ2v) is 7.34. The maximum absolute atomic E-state index is 5.97. The summed E-state index contributed by atoms with van der Waals surface area (Å²) < 4.78 is 11.8. The van der Waals surface area contributed by atoms with E-state index in [2.05, 4.69) is 45.1 Å². The Morgan fingerprint density at radius 1 is 0.875 bits per heavy atom. The average molecular weight is 322 g/mol. The van der Waals surface area contributed by atoms with Crippen molar-refractivity contribution < 1.29 is 9.47 Å². The first kappa shape index (κ1) is 16.8. The number of benzene rings is 2. The lowest BCUT2D eigenvalue weighted by Crippen LogP contribution is -2.16. The lowest BCUT2D eigenvalue weighted by atomic mass is 10.1. The van der Waals surface area contributed by atoms with Gasteiger partial charge in [-0.25, -0.2) is 0 Å². The van der Waals surface area contributed by atoms with Crippen molar-refractivity contribution in [3.63, 3.8) is 0 Å². The minimum atomic E-state index is 0.0633. The fourth-order valence-electron chi connectivity index (χ4n) is 2.88. The van der Waals surface area contributed by atoms with E-state index in [4.69, 9.17) is 9.47 Å². The summed E-state index contributed by atoms with van der Waals surface area (Å²) in [4.78, 5) is 0. The maximum Gasteiger partial charge on any atom is 0.127 e. The highest BCUT2D eigenvalue weighted by molar-refractivity contribution is 5.33. The van der Waals surface area contributed by atoms with Gasteiger partial charge in [0.25, 0.3) is 0 Å². The number of ether oxygens (including phenoxy) is 2. The molecular formula is C22H26O2. The summed E-state index contributed by atoms with van der Waals surface area (Å²) >= 11 is 0. The molecule has 1 atom stereocenters. The summed E-state index contributed by atoms with van der Waals surface area (Å²) in [7, 11) is 0. The topological polar surface area (TPSA) is 18.5 Å². The third kappa shape index (κ3) is 4.07. The molecule has 1 saturated carbocycles. The van der Waals surface area contributed by atoms with Gasteiger partial charge >= 0.3 is 0 Å². The van der Waals surface area contributed by atoms with Gasteiger partial charge in [-0.3, -0.25) is 0 Å². The van der Waals surface area contributed by atoms with Crippen LogP contribution < -0.4 is 4.74 Å². The van der Waals surface area contributed by atoms with Gasteiger partial charge in [0.1, 0.15) is 11.5 Å². The van der Waals surface area contributed by atoms with E-state index in [1.165, 1.54) is 5.56 Å². The Hall–Kier alpha value is -2.06. The molecule has 1 fully saturated rings. The molecule has 24 heavy (non-hydrogen) atoms. The van der Waals surface area contributed by atoms with E-state index in [9.17, 15) is 0 Å². The van der Waals surface area contributed by atoms with Gasteiger partial charge in [0, 0.05) is 0 Å². The molecule has 0 bridgehead atoms. The van der Waals surface area contributed by atoms with Crippen LogP contribution in [0.1, 0.15) is 32.8 Å². The zero-order valence-corrected chi connectivity index (χ0v) is 14.8. The van der Waals surface area contributed by atoms with Crippen molar-refractivity contribution >= 4 is 0 Å². The fraction of sp³-hybridized carbons (Fsp3) is 0.364. The normalized spacial score (nSPS) is 21.8. The third-order valence-corrected chi connectivity index (χ3v) is 5.01. The quantitative estimate of drug-likeness (QED) is 0.601. The molecule has 3 rings (SSSR count). The molecule has 1 aliphatic rings. The second-order valence-electron chi connectivity index (χ2n) is 7.34. The molecule has 0 amide bonds. The average Bonchev–Trinajstić information content (AvgIpc) is 3.07. The minimum absolute atomic E-state index is 0.0633. The lowest BCUT2D eigenvalue weighted by Gasteiger charge is -2.14. The predicted octanol–water partition coefficient (Wildman–Crippen LogP) is 5.78. The molecule has 1 aliphatic carbocycles.